The van der Waals surface area contributed by atoms with Gasteiger partial charge in [-0.05, 0) is 19.1 Å². The van der Waals surface area contributed by atoms with Crippen molar-refractivity contribution in [2.45, 2.75) is 50.6 Å². The third-order valence-corrected chi connectivity index (χ3v) is 5.29. The van der Waals surface area contributed by atoms with Gasteiger partial charge in [-0.1, -0.05) is 50.3 Å². The predicted molar refractivity (Wildman–Crippen MR) is 75.2 cm³/mol. The van der Waals surface area contributed by atoms with E-state index in [0.29, 0.717) is 5.25 Å². The molecule has 0 radical (unpaired) electrons. The molecule has 0 spiro atoms. The van der Waals surface area contributed by atoms with Crippen LogP contribution in [-0.2, 0) is 0 Å². The third-order valence-electron chi connectivity index (χ3n) is 2.29. The number of thioether (sulfide) groups is 1. The van der Waals surface area contributed by atoms with Gasteiger partial charge in [-0.15, -0.1) is 11.8 Å². The average molecular weight is 238 g/mol. The molecule has 0 fully saturated rings. The molecule has 0 bridgehead atoms. The Kier molecular flexibility index (Phi) is 4.07. The first-order valence-corrected chi connectivity index (χ1v) is 9.96. The van der Waals surface area contributed by atoms with Crippen LogP contribution in [0.15, 0.2) is 23.1 Å². The van der Waals surface area contributed by atoms with E-state index in [0.717, 1.165) is 0 Å². The van der Waals surface area contributed by atoms with Gasteiger partial charge in [0.05, 0.1) is 8.07 Å². The van der Waals surface area contributed by atoms with E-state index in [4.69, 9.17) is 0 Å². The van der Waals surface area contributed by atoms with Gasteiger partial charge in [0.1, 0.15) is 0 Å². The number of hydrogen-bond donors (Lipinski definition) is 0. The topological polar surface area (TPSA) is 0 Å². The Bertz CT molecular complexity index is 337. The van der Waals surface area contributed by atoms with E-state index in [1.807, 2.05) is 11.8 Å². The zero-order chi connectivity index (χ0) is 11.6. The molecule has 0 aliphatic rings. The van der Waals surface area contributed by atoms with Crippen LogP contribution < -0.4 is 5.19 Å². The normalized spacial score (nSPS) is 12.2. The Hall–Kier alpha value is -0.213. The van der Waals surface area contributed by atoms with Crippen LogP contribution in [0, 0.1) is 6.92 Å². The summed E-state index contributed by atoms with van der Waals surface area (Å²) in [4.78, 5) is 1.43. The molecule has 0 N–H and O–H groups in total. The van der Waals surface area contributed by atoms with Crippen molar-refractivity contribution >= 4 is 25.0 Å². The molecule has 15 heavy (non-hydrogen) atoms. The lowest BCUT2D eigenvalue weighted by atomic mass is 10.2. The minimum Gasteiger partial charge on any atom is -0.123 e. The van der Waals surface area contributed by atoms with Crippen LogP contribution in [0.1, 0.15) is 19.4 Å². The van der Waals surface area contributed by atoms with Crippen molar-refractivity contribution in [1.82, 2.24) is 0 Å². The molecule has 0 aliphatic carbocycles. The molecular weight excluding hydrogens is 216 g/mol. The maximum Gasteiger partial charge on any atom is 0.0776 e. The van der Waals surface area contributed by atoms with Gasteiger partial charge in [-0.25, -0.2) is 0 Å². The van der Waals surface area contributed by atoms with E-state index >= 15 is 0 Å². The molecule has 1 aromatic rings. The van der Waals surface area contributed by atoms with E-state index in [2.05, 4.69) is 58.6 Å². The van der Waals surface area contributed by atoms with Gasteiger partial charge in [-0.2, -0.15) is 0 Å². The molecule has 2 heteroatoms. The van der Waals surface area contributed by atoms with Crippen molar-refractivity contribution in [2.24, 2.45) is 0 Å². The van der Waals surface area contributed by atoms with Crippen LogP contribution in [0.2, 0.25) is 19.6 Å². The van der Waals surface area contributed by atoms with E-state index < -0.39 is 8.07 Å². The summed E-state index contributed by atoms with van der Waals surface area (Å²) in [5, 5.41) is 2.24. The lowest BCUT2D eigenvalue weighted by molar-refractivity contribution is 1.11. The highest BCUT2D eigenvalue weighted by atomic mass is 32.2. The van der Waals surface area contributed by atoms with E-state index in [-0.39, 0.29) is 0 Å². The molecule has 0 nitrogen and oxygen atoms in total. The van der Waals surface area contributed by atoms with E-state index in [1.54, 1.807) is 5.19 Å². The lowest BCUT2D eigenvalue weighted by Crippen LogP contribution is -2.37. The number of aryl methyl sites for hydroxylation is 1. The fraction of sp³-hybridized carbons (Fsp3) is 0.538. The summed E-state index contributed by atoms with van der Waals surface area (Å²) in [5.74, 6) is 0. The molecule has 0 amide bonds. The van der Waals surface area contributed by atoms with Gasteiger partial charge >= 0.3 is 0 Å². The van der Waals surface area contributed by atoms with E-state index in [9.17, 15) is 0 Å². The van der Waals surface area contributed by atoms with Gasteiger partial charge in [0, 0.05) is 10.1 Å². The van der Waals surface area contributed by atoms with Crippen molar-refractivity contribution in [3.8, 4) is 0 Å². The minimum atomic E-state index is -1.16. The van der Waals surface area contributed by atoms with E-state index in [1.165, 1.54) is 10.5 Å². The molecular formula is C13H22SSi. The first-order valence-electron chi connectivity index (χ1n) is 5.58. The van der Waals surface area contributed by atoms with Crippen LogP contribution in [0.4, 0.5) is 0 Å². The highest BCUT2D eigenvalue weighted by molar-refractivity contribution is 7.99. The molecule has 0 saturated heterocycles. The Labute approximate surface area is 99.5 Å². The molecule has 84 valence electrons. The number of hydrogen-bond acceptors (Lipinski definition) is 1. The first-order chi connectivity index (χ1) is 6.79. The zero-order valence-electron chi connectivity index (χ0n) is 10.7. The highest BCUT2D eigenvalue weighted by Crippen LogP contribution is 2.23. The van der Waals surface area contributed by atoms with Gasteiger partial charge in [0.2, 0.25) is 0 Å². The second kappa shape index (κ2) is 4.75. The Balaban J connectivity index is 3.06. The van der Waals surface area contributed by atoms with Gasteiger partial charge in [-0.3, -0.25) is 0 Å². The quantitative estimate of drug-likeness (QED) is 0.566. The van der Waals surface area contributed by atoms with Gasteiger partial charge < -0.3 is 0 Å². The fourth-order valence-corrected chi connectivity index (χ4v) is 3.87. The first kappa shape index (κ1) is 12.9. The van der Waals surface area contributed by atoms with Crippen LogP contribution >= 0.6 is 11.8 Å². The maximum absolute atomic E-state index is 2.41. The SMILES string of the molecule is Cc1cc(SC(C)C)cc([Si](C)(C)C)c1. The summed E-state index contributed by atoms with van der Waals surface area (Å²) < 4.78 is 0. The Morgan fingerprint density at radius 2 is 1.67 bits per heavy atom. The zero-order valence-corrected chi connectivity index (χ0v) is 12.5. The Morgan fingerprint density at radius 1 is 1.07 bits per heavy atom. The van der Waals surface area contributed by atoms with Crippen molar-refractivity contribution in [3.05, 3.63) is 23.8 Å². The molecule has 0 aromatic heterocycles. The van der Waals surface area contributed by atoms with Crippen LogP contribution in [0.5, 0.6) is 0 Å². The standard InChI is InChI=1S/C13H22SSi/c1-10(2)14-12-7-11(3)8-13(9-12)15(4,5)6/h7-10H,1-6H3. The van der Waals surface area contributed by atoms with Crippen LogP contribution in [0.25, 0.3) is 0 Å². The summed E-state index contributed by atoms with van der Waals surface area (Å²) in [6.07, 6.45) is 0. The molecule has 0 aliphatic heterocycles. The molecule has 0 atom stereocenters. The second-order valence-corrected chi connectivity index (χ2v) is 12.2. The van der Waals surface area contributed by atoms with Crippen molar-refractivity contribution in [2.75, 3.05) is 0 Å². The summed E-state index contributed by atoms with van der Waals surface area (Å²) in [7, 11) is -1.16. The van der Waals surface area contributed by atoms with Crippen LogP contribution in [-0.4, -0.2) is 13.3 Å². The number of benzene rings is 1. The lowest BCUT2D eigenvalue weighted by Gasteiger charge is -2.19. The van der Waals surface area contributed by atoms with Gasteiger partial charge in [0.25, 0.3) is 0 Å². The average Bonchev–Trinajstić information content (AvgIpc) is 1.99. The molecule has 0 saturated carbocycles. The van der Waals surface area contributed by atoms with Crippen molar-refractivity contribution < 1.29 is 0 Å². The highest BCUT2D eigenvalue weighted by Gasteiger charge is 2.17. The van der Waals surface area contributed by atoms with Gasteiger partial charge in [0.15, 0.2) is 0 Å². The second-order valence-electron chi connectivity index (χ2n) is 5.45. The molecule has 0 heterocycles. The third kappa shape index (κ3) is 4.04. The minimum absolute atomic E-state index is 0.668. The largest absolute Gasteiger partial charge is 0.123 e. The summed E-state index contributed by atoms with van der Waals surface area (Å²) in [5.41, 5.74) is 1.40. The fourth-order valence-electron chi connectivity index (χ4n) is 1.52. The summed E-state index contributed by atoms with van der Waals surface area (Å²) >= 11 is 1.97. The van der Waals surface area contributed by atoms with Crippen molar-refractivity contribution in [1.29, 1.82) is 0 Å². The smallest absolute Gasteiger partial charge is 0.0776 e. The number of rotatable bonds is 3. The maximum atomic E-state index is 2.41. The van der Waals surface area contributed by atoms with Crippen molar-refractivity contribution in [3.63, 3.8) is 0 Å². The molecule has 0 unspecified atom stereocenters. The Morgan fingerprint density at radius 3 is 2.13 bits per heavy atom. The predicted octanol–water partition coefficient (Wildman–Crippen LogP) is 4.04. The summed E-state index contributed by atoms with van der Waals surface area (Å²) in [6.45, 7) is 13.9. The summed E-state index contributed by atoms with van der Waals surface area (Å²) in [6, 6.07) is 7.05. The molecule has 1 rings (SSSR count). The molecule has 1 aromatic carbocycles. The van der Waals surface area contributed by atoms with Crippen LogP contribution in [0.3, 0.4) is 0 Å². The monoisotopic (exact) mass is 238 g/mol.